The predicted molar refractivity (Wildman–Crippen MR) is 124 cm³/mol. The summed E-state index contributed by atoms with van der Waals surface area (Å²) in [5, 5.41) is 0. The summed E-state index contributed by atoms with van der Waals surface area (Å²) in [5.41, 5.74) is 4.05. The second kappa shape index (κ2) is 8.23. The van der Waals surface area contributed by atoms with E-state index in [0.717, 1.165) is 18.4 Å². The molecule has 3 rings (SSSR count). The van der Waals surface area contributed by atoms with E-state index in [0.29, 0.717) is 5.56 Å². The zero-order valence-corrected chi connectivity index (χ0v) is 20.5. The van der Waals surface area contributed by atoms with Crippen molar-refractivity contribution in [1.29, 1.82) is 0 Å². The Bertz CT molecular complexity index is 1080. The Kier molecular flexibility index (Phi) is 6.11. The molecule has 1 aliphatic rings. The van der Waals surface area contributed by atoms with Crippen LogP contribution in [-0.4, -0.2) is 55.1 Å². The van der Waals surface area contributed by atoms with Crippen molar-refractivity contribution in [2.24, 2.45) is 0 Å². The smallest absolute Gasteiger partial charge is 0.289 e. The van der Waals surface area contributed by atoms with E-state index in [-0.39, 0.29) is 40.6 Å². The molecule has 1 aliphatic carbocycles. The number of carbonyl (C=O) groups excluding carboxylic acids is 3. The summed E-state index contributed by atoms with van der Waals surface area (Å²) >= 11 is 0. The van der Waals surface area contributed by atoms with Crippen LogP contribution >= 0.6 is 0 Å². The molecule has 0 unspecified atom stereocenters. The number of likely N-dealkylation sites (N-methyl/N-ethyl adjacent to an activating group) is 2. The number of furan rings is 1. The molecule has 172 valence electrons. The van der Waals surface area contributed by atoms with Gasteiger partial charge in [-0.25, -0.2) is 0 Å². The van der Waals surface area contributed by atoms with E-state index in [2.05, 4.69) is 33.8 Å². The van der Waals surface area contributed by atoms with Gasteiger partial charge in [-0.3, -0.25) is 14.4 Å². The number of amides is 2. The number of ketones is 1. The lowest BCUT2D eigenvalue weighted by atomic mass is 9.62. The fraction of sp³-hybridized carbons (Fsp3) is 0.500. The van der Waals surface area contributed by atoms with Crippen molar-refractivity contribution in [1.82, 2.24) is 9.80 Å². The SMILES string of the molecule is Cc1cc2c(cc1C(=O)c1ccc(C(=O)N(C)CC(=O)N(C)C)o1)C(C)(C)CCC2(C)C. The van der Waals surface area contributed by atoms with Gasteiger partial charge < -0.3 is 14.2 Å². The molecule has 6 nitrogen and oxygen atoms in total. The number of nitrogens with zero attached hydrogens (tertiary/aromatic N) is 2. The molecule has 0 fully saturated rings. The van der Waals surface area contributed by atoms with E-state index < -0.39 is 5.91 Å². The topological polar surface area (TPSA) is 70.8 Å². The third kappa shape index (κ3) is 4.36. The number of hydrogen-bond acceptors (Lipinski definition) is 4. The maximum atomic E-state index is 13.3. The molecule has 0 spiro atoms. The van der Waals surface area contributed by atoms with Crippen molar-refractivity contribution < 1.29 is 18.8 Å². The second-order valence-electron chi connectivity index (χ2n) is 10.4. The van der Waals surface area contributed by atoms with E-state index in [1.165, 1.54) is 40.1 Å². The summed E-state index contributed by atoms with van der Waals surface area (Å²) in [7, 11) is 4.80. The normalized spacial score (nSPS) is 16.2. The summed E-state index contributed by atoms with van der Waals surface area (Å²) in [4.78, 5) is 40.5. The highest BCUT2D eigenvalue weighted by Gasteiger charge is 2.38. The van der Waals surface area contributed by atoms with Crippen molar-refractivity contribution in [3.63, 3.8) is 0 Å². The van der Waals surface area contributed by atoms with Crippen LogP contribution < -0.4 is 0 Å². The number of fused-ring (bicyclic) bond motifs is 1. The molecular formula is C26H34N2O4. The molecule has 1 heterocycles. The molecule has 0 N–H and O–H groups in total. The van der Waals surface area contributed by atoms with Crippen LogP contribution in [0.25, 0.3) is 0 Å². The first-order chi connectivity index (χ1) is 14.7. The molecule has 0 saturated heterocycles. The molecule has 32 heavy (non-hydrogen) atoms. The Morgan fingerprint density at radius 3 is 2.00 bits per heavy atom. The summed E-state index contributed by atoms with van der Waals surface area (Å²) < 4.78 is 5.65. The van der Waals surface area contributed by atoms with Crippen molar-refractivity contribution in [2.75, 3.05) is 27.7 Å². The number of rotatable bonds is 5. The minimum absolute atomic E-state index is 0.0143. The maximum absolute atomic E-state index is 13.3. The van der Waals surface area contributed by atoms with Crippen LogP contribution in [0.2, 0.25) is 0 Å². The molecule has 0 radical (unpaired) electrons. The van der Waals surface area contributed by atoms with Gasteiger partial charge in [0, 0.05) is 26.7 Å². The second-order valence-corrected chi connectivity index (χ2v) is 10.4. The molecule has 0 bridgehead atoms. The highest BCUT2D eigenvalue weighted by atomic mass is 16.4. The Hall–Kier alpha value is -2.89. The highest BCUT2D eigenvalue weighted by molar-refractivity contribution is 6.09. The van der Waals surface area contributed by atoms with Crippen LogP contribution in [0.4, 0.5) is 0 Å². The fourth-order valence-electron chi connectivity index (χ4n) is 4.28. The van der Waals surface area contributed by atoms with Gasteiger partial charge in [0.15, 0.2) is 11.5 Å². The zero-order chi connectivity index (χ0) is 24.0. The van der Waals surface area contributed by atoms with Crippen molar-refractivity contribution in [3.8, 4) is 0 Å². The average Bonchev–Trinajstić information content (AvgIpc) is 3.20. The molecule has 6 heteroatoms. The largest absolute Gasteiger partial charge is 0.447 e. The minimum atomic E-state index is -0.440. The lowest BCUT2D eigenvalue weighted by Crippen LogP contribution is -2.37. The molecular weight excluding hydrogens is 404 g/mol. The van der Waals surface area contributed by atoms with E-state index in [4.69, 9.17) is 4.42 Å². The van der Waals surface area contributed by atoms with Crippen LogP contribution in [-0.2, 0) is 15.6 Å². The summed E-state index contributed by atoms with van der Waals surface area (Å²) in [6.07, 6.45) is 2.16. The van der Waals surface area contributed by atoms with E-state index in [9.17, 15) is 14.4 Å². The van der Waals surface area contributed by atoms with Crippen molar-refractivity contribution >= 4 is 17.6 Å². The first kappa shape index (κ1) is 23.8. The van der Waals surface area contributed by atoms with Gasteiger partial charge in [0.2, 0.25) is 11.7 Å². The van der Waals surface area contributed by atoms with Crippen LogP contribution in [0.1, 0.15) is 83.9 Å². The summed E-state index contributed by atoms with van der Waals surface area (Å²) in [6.45, 7) is 10.8. The van der Waals surface area contributed by atoms with E-state index in [1.54, 1.807) is 14.1 Å². The monoisotopic (exact) mass is 438 g/mol. The standard InChI is InChI=1S/C26H34N2O4/c1-16-13-18-19(26(4,5)12-11-25(18,2)3)14-17(16)23(30)20-9-10-21(32-20)24(31)28(8)15-22(29)27(6)7/h9-10,13-14H,11-12,15H2,1-8H3. The number of carbonyl (C=O) groups is 3. The molecule has 2 amide bonds. The fourth-order valence-corrected chi connectivity index (χ4v) is 4.28. The summed E-state index contributed by atoms with van der Waals surface area (Å²) in [5.74, 6) is -0.713. The lowest BCUT2D eigenvalue weighted by molar-refractivity contribution is -0.129. The van der Waals surface area contributed by atoms with Gasteiger partial charge in [0.1, 0.15) is 0 Å². The molecule has 0 atom stereocenters. The Morgan fingerprint density at radius 2 is 1.44 bits per heavy atom. The lowest BCUT2D eigenvalue weighted by Gasteiger charge is -2.42. The Morgan fingerprint density at radius 1 is 0.906 bits per heavy atom. The summed E-state index contributed by atoms with van der Waals surface area (Å²) in [6, 6.07) is 7.18. The molecule has 2 aromatic rings. The maximum Gasteiger partial charge on any atom is 0.289 e. The Labute approximate surface area is 190 Å². The van der Waals surface area contributed by atoms with Gasteiger partial charge in [-0.05, 0) is 65.5 Å². The molecule has 0 saturated carbocycles. The van der Waals surface area contributed by atoms with Gasteiger partial charge in [-0.15, -0.1) is 0 Å². The quantitative estimate of drug-likeness (QED) is 0.652. The number of benzene rings is 1. The van der Waals surface area contributed by atoms with Gasteiger partial charge >= 0.3 is 0 Å². The van der Waals surface area contributed by atoms with Gasteiger partial charge in [0.25, 0.3) is 5.91 Å². The van der Waals surface area contributed by atoms with Crippen LogP contribution in [0.5, 0.6) is 0 Å². The zero-order valence-electron chi connectivity index (χ0n) is 20.5. The van der Waals surface area contributed by atoms with Gasteiger partial charge in [-0.1, -0.05) is 33.8 Å². The average molecular weight is 439 g/mol. The van der Waals surface area contributed by atoms with Crippen LogP contribution in [0.15, 0.2) is 28.7 Å². The van der Waals surface area contributed by atoms with E-state index >= 15 is 0 Å². The minimum Gasteiger partial charge on any atom is -0.447 e. The number of hydrogen-bond donors (Lipinski definition) is 0. The van der Waals surface area contributed by atoms with Gasteiger partial charge in [0.05, 0.1) is 6.54 Å². The number of aryl methyl sites for hydroxylation is 1. The molecule has 1 aromatic heterocycles. The Balaban J connectivity index is 1.91. The molecule has 0 aliphatic heterocycles. The first-order valence-electron chi connectivity index (χ1n) is 11.0. The predicted octanol–water partition coefficient (Wildman–Crippen LogP) is 4.33. The van der Waals surface area contributed by atoms with Gasteiger partial charge in [-0.2, -0.15) is 0 Å². The third-order valence-electron chi connectivity index (χ3n) is 6.70. The highest BCUT2D eigenvalue weighted by Crippen LogP contribution is 2.46. The van der Waals surface area contributed by atoms with Crippen LogP contribution in [0, 0.1) is 6.92 Å². The van der Waals surface area contributed by atoms with Crippen LogP contribution in [0.3, 0.4) is 0 Å². The van der Waals surface area contributed by atoms with E-state index in [1.807, 2.05) is 13.0 Å². The molecule has 1 aromatic carbocycles. The van der Waals surface area contributed by atoms with Crippen molar-refractivity contribution in [2.45, 2.75) is 58.3 Å². The van der Waals surface area contributed by atoms with Crippen molar-refractivity contribution in [3.05, 3.63) is 58.0 Å². The first-order valence-corrected chi connectivity index (χ1v) is 11.0. The third-order valence-corrected chi connectivity index (χ3v) is 6.70.